The molecule has 2 aromatic rings. The Morgan fingerprint density at radius 2 is 1.92 bits per heavy atom. The molecule has 0 aliphatic carbocycles. The number of alkyl halides is 3. The first kappa shape index (κ1) is 29.2. The standard InChI is InChI=1S/C22H22ClF3N4O7S/c23-17-6-5-16(38-17)19(33)27-11-15(28-21(35)37-10-8-31)20(34)30(22(24,25)26)14-3-1-13(2-4-14)29-7-9-36-12-18(29)32/h1-6,15,31H,7-12H2,(H,27,33)(H,28,35)/t15-/m0/s1. The molecule has 1 aromatic heterocycles. The van der Waals surface area contributed by atoms with E-state index in [-0.39, 0.29) is 30.5 Å². The van der Waals surface area contributed by atoms with Crippen LogP contribution in [-0.2, 0) is 19.1 Å². The Kier molecular flexibility index (Phi) is 9.90. The number of benzene rings is 1. The lowest BCUT2D eigenvalue weighted by molar-refractivity contribution is -0.151. The first-order valence-corrected chi connectivity index (χ1v) is 12.2. The average molecular weight is 579 g/mol. The summed E-state index contributed by atoms with van der Waals surface area (Å²) in [5, 5.41) is 13.1. The van der Waals surface area contributed by atoms with Crippen LogP contribution in [0.3, 0.4) is 0 Å². The highest BCUT2D eigenvalue weighted by atomic mass is 35.5. The van der Waals surface area contributed by atoms with Crippen molar-refractivity contribution in [2.24, 2.45) is 0 Å². The number of morpholine rings is 1. The van der Waals surface area contributed by atoms with Gasteiger partial charge in [-0.25, -0.2) is 9.69 Å². The lowest BCUT2D eigenvalue weighted by atomic mass is 10.2. The minimum Gasteiger partial charge on any atom is -0.447 e. The molecule has 38 heavy (non-hydrogen) atoms. The van der Waals surface area contributed by atoms with Gasteiger partial charge in [-0.3, -0.25) is 14.4 Å². The monoisotopic (exact) mass is 578 g/mol. The highest BCUT2D eigenvalue weighted by molar-refractivity contribution is 7.18. The molecule has 0 spiro atoms. The second-order valence-corrected chi connectivity index (χ2v) is 9.34. The van der Waals surface area contributed by atoms with E-state index in [9.17, 15) is 32.3 Å². The number of amides is 4. The number of thiophene rings is 1. The molecule has 3 N–H and O–H groups in total. The molecule has 0 radical (unpaired) electrons. The summed E-state index contributed by atoms with van der Waals surface area (Å²) in [7, 11) is 0. The maximum Gasteiger partial charge on any atom is 0.491 e. The van der Waals surface area contributed by atoms with Crippen LogP contribution in [-0.4, -0.2) is 80.8 Å². The normalized spacial score (nSPS) is 14.6. The molecule has 0 bridgehead atoms. The van der Waals surface area contributed by atoms with Crippen molar-refractivity contribution in [3.8, 4) is 0 Å². The van der Waals surface area contributed by atoms with Gasteiger partial charge in [0.1, 0.15) is 19.3 Å². The predicted molar refractivity (Wildman–Crippen MR) is 130 cm³/mol. The maximum absolute atomic E-state index is 14.1. The van der Waals surface area contributed by atoms with Gasteiger partial charge in [-0.05, 0) is 36.4 Å². The zero-order chi connectivity index (χ0) is 27.9. The number of nitrogens with one attached hydrogen (secondary N) is 2. The average Bonchev–Trinajstić information content (AvgIpc) is 3.31. The van der Waals surface area contributed by atoms with E-state index in [1.807, 2.05) is 5.32 Å². The van der Waals surface area contributed by atoms with Gasteiger partial charge < -0.3 is 30.1 Å². The third kappa shape index (κ3) is 7.56. The van der Waals surface area contributed by atoms with Crippen LogP contribution in [0, 0.1) is 0 Å². The number of hydrogen-bond donors (Lipinski definition) is 3. The molecule has 3 rings (SSSR count). The fourth-order valence-corrected chi connectivity index (χ4v) is 4.33. The van der Waals surface area contributed by atoms with Crippen LogP contribution in [0.5, 0.6) is 0 Å². The van der Waals surface area contributed by atoms with E-state index in [0.29, 0.717) is 10.0 Å². The molecule has 11 nitrogen and oxygen atoms in total. The summed E-state index contributed by atoms with van der Waals surface area (Å²) < 4.78 is 52.2. The number of anilines is 2. The fraction of sp³-hybridized carbons (Fsp3) is 0.364. The Bertz CT molecular complexity index is 1160. The van der Waals surface area contributed by atoms with Gasteiger partial charge in [0, 0.05) is 18.8 Å². The molecule has 1 aliphatic rings. The van der Waals surface area contributed by atoms with E-state index in [2.05, 4.69) is 10.1 Å². The van der Waals surface area contributed by atoms with Crippen LogP contribution >= 0.6 is 22.9 Å². The van der Waals surface area contributed by atoms with Crippen molar-refractivity contribution in [3.05, 3.63) is 45.6 Å². The van der Waals surface area contributed by atoms with Gasteiger partial charge in [0.15, 0.2) is 0 Å². The summed E-state index contributed by atoms with van der Waals surface area (Å²) in [6, 6.07) is 5.38. The number of aliphatic hydroxyl groups excluding tert-OH is 1. The molecule has 2 heterocycles. The van der Waals surface area contributed by atoms with Crippen molar-refractivity contribution < 1.29 is 46.9 Å². The molecule has 4 amide bonds. The van der Waals surface area contributed by atoms with Gasteiger partial charge in [0.2, 0.25) is 0 Å². The van der Waals surface area contributed by atoms with Gasteiger partial charge in [-0.15, -0.1) is 24.5 Å². The van der Waals surface area contributed by atoms with Crippen LogP contribution in [0.2, 0.25) is 4.34 Å². The number of alkyl carbamates (subject to hydrolysis) is 1. The second kappa shape index (κ2) is 12.9. The predicted octanol–water partition coefficient (Wildman–Crippen LogP) is 2.13. The largest absolute Gasteiger partial charge is 0.491 e. The van der Waals surface area contributed by atoms with Crippen LogP contribution in [0.4, 0.5) is 29.3 Å². The number of carbonyl (C=O) groups is 4. The van der Waals surface area contributed by atoms with Crippen molar-refractivity contribution >= 4 is 58.1 Å². The van der Waals surface area contributed by atoms with E-state index in [1.165, 1.54) is 29.2 Å². The molecule has 1 aliphatic heterocycles. The minimum atomic E-state index is -5.23. The zero-order valence-corrected chi connectivity index (χ0v) is 21.1. The summed E-state index contributed by atoms with van der Waals surface area (Å²) in [6.07, 6.45) is -6.51. The quantitative estimate of drug-likeness (QED) is 0.388. The topological polar surface area (TPSA) is 138 Å². The minimum absolute atomic E-state index is 0.130. The Balaban J connectivity index is 1.84. The molecule has 1 saturated heterocycles. The smallest absolute Gasteiger partial charge is 0.447 e. The Morgan fingerprint density at radius 3 is 2.50 bits per heavy atom. The van der Waals surface area contributed by atoms with Crippen LogP contribution in [0.1, 0.15) is 9.67 Å². The molecular weight excluding hydrogens is 557 g/mol. The van der Waals surface area contributed by atoms with Gasteiger partial charge in [0.05, 0.1) is 28.1 Å². The van der Waals surface area contributed by atoms with Gasteiger partial charge in [-0.2, -0.15) is 0 Å². The third-order valence-electron chi connectivity index (χ3n) is 5.06. The molecule has 1 fully saturated rings. The molecule has 16 heteroatoms. The maximum atomic E-state index is 14.1. The van der Waals surface area contributed by atoms with Crippen LogP contribution in [0.15, 0.2) is 36.4 Å². The molecule has 1 aromatic carbocycles. The Hall–Kier alpha value is -3.40. The lowest BCUT2D eigenvalue weighted by Gasteiger charge is -2.30. The molecule has 0 unspecified atom stereocenters. The first-order valence-electron chi connectivity index (χ1n) is 11.0. The fourth-order valence-electron chi connectivity index (χ4n) is 3.37. The number of hydrogen-bond acceptors (Lipinski definition) is 8. The summed E-state index contributed by atoms with van der Waals surface area (Å²) >= 11 is 6.70. The number of nitrogens with zero attached hydrogens (tertiary/aromatic N) is 2. The van der Waals surface area contributed by atoms with Crippen molar-refractivity contribution in [2.75, 3.05) is 49.3 Å². The third-order valence-corrected chi connectivity index (χ3v) is 6.29. The summed E-state index contributed by atoms with van der Waals surface area (Å²) in [5.41, 5.74) is -0.292. The van der Waals surface area contributed by atoms with E-state index >= 15 is 0 Å². The molecule has 0 saturated carbocycles. The second-order valence-electron chi connectivity index (χ2n) is 7.63. The SMILES string of the molecule is O=C(N[C@@H](CNC(=O)c1ccc(Cl)s1)C(=O)N(c1ccc(N2CCOCC2=O)cc1)C(F)(F)F)OCCO. The van der Waals surface area contributed by atoms with Gasteiger partial charge in [0.25, 0.3) is 17.7 Å². The number of halogens is 4. The van der Waals surface area contributed by atoms with E-state index in [0.717, 1.165) is 23.5 Å². The number of carbonyl (C=O) groups excluding carboxylic acids is 4. The molecule has 206 valence electrons. The Morgan fingerprint density at radius 1 is 1.21 bits per heavy atom. The van der Waals surface area contributed by atoms with E-state index < -0.39 is 60.6 Å². The van der Waals surface area contributed by atoms with Crippen molar-refractivity contribution in [2.45, 2.75) is 12.3 Å². The summed E-state index contributed by atoms with van der Waals surface area (Å²) in [5.74, 6) is -2.73. The van der Waals surface area contributed by atoms with Crippen LogP contribution in [0.25, 0.3) is 0 Å². The Labute approximate surface area is 223 Å². The van der Waals surface area contributed by atoms with E-state index in [4.69, 9.17) is 21.4 Å². The summed E-state index contributed by atoms with van der Waals surface area (Å²) in [6.45, 7) is -1.47. The zero-order valence-electron chi connectivity index (χ0n) is 19.5. The van der Waals surface area contributed by atoms with Gasteiger partial charge in [-0.1, -0.05) is 11.6 Å². The lowest BCUT2D eigenvalue weighted by Crippen LogP contribution is -2.57. The van der Waals surface area contributed by atoms with Crippen molar-refractivity contribution in [1.29, 1.82) is 0 Å². The number of aliphatic hydroxyl groups is 1. The van der Waals surface area contributed by atoms with Crippen molar-refractivity contribution in [3.63, 3.8) is 0 Å². The first-order chi connectivity index (χ1) is 18.0. The van der Waals surface area contributed by atoms with Gasteiger partial charge >= 0.3 is 12.4 Å². The number of ether oxygens (including phenoxy) is 2. The van der Waals surface area contributed by atoms with E-state index in [1.54, 1.807) is 0 Å². The molecule has 1 atom stereocenters. The summed E-state index contributed by atoms with van der Waals surface area (Å²) in [4.78, 5) is 50.5. The highest BCUT2D eigenvalue weighted by Crippen LogP contribution is 2.31. The number of rotatable bonds is 9. The highest BCUT2D eigenvalue weighted by Gasteiger charge is 2.45. The molecular formula is C22H22ClF3N4O7S. The van der Waals surface area contributed by atoms with Crippen molar-refractivity contribution in [1.82, 2.24) is 10.6 Å². The van der Waals surface area contributed by atoms with Crippen LogP contribution < -0.4 is 20.4 Å².